The van der Waals surface area contributed by atoms with Gasteiger partial charge >= 0.3 is 0 Å². The highest BCUT2D eigenvalue weighted by Gasteiger charge is 2.26. The molecule has 0 amide bonds. The van der Waals surface area contributed by atoms with Gasteiger partial charge in [0.05, 0.1) is 27.4 Å². The Balaban J connectivity index is 2.06. The SMILES string of the molecule is CN(C)c1ccc(NC2=CC(=S)C(=O)c3[nH]ccc(=O)c32)cc1C#N. The number of ketones is 1. The van der Waals surface area contributed by atoms with E-state index < -0.39 is 0 Å². The first-order valence-electron chi connectivity index (χ1n) is 7.43. The fourth-order valence-electron chi connectivity index (χ4n) is 2.67. The molecule has 124 valence electrons. The monoisotopic (exact) mass is 350 g/mol. The van der Waals surface area contributed by atoms with Crippen LogP contribution < -0.4 is 15.6 Å². The van der Waals surface area contributed by atoms with E-state index >= 15 is 0 Å². The van der Waals surface area contributed by atoms with Gasteiger partial charge in [-0.3, -0.25) is 9.59 Å². The summed E-state index contributed by atoms with van der Waals surface area (Å²) in [4.78, 5) is 29.1. The van der Waals surface area contributed by atoms with Gasteiger partial charge in [-0.05, 0) is 24.3 Å². The fraction of sp³-hybridized carbons (Fsp3) is 0.111. The van der Waals surface area contributed by atoms with Crippen LogP contribution in [0.2, 0.25) is 0 Å². The summed E-state index contributed by atoms with van der Waals surface area (Å²) >= 11 is 5.10. The number of pyridine rings is 1. The number of hydrogen-bond donors (Lipinski definition) is 2. The average molecular weight is 350 g/mol. The third kappa shape index (κ3) is 2.95. The highest BCUT2D eigenvalue weighted by atomic mass is 32.1. The van der Waals surface area contributed by atoms with Gasteiger partial charge in [-0.25, -0.2) is 0 Å². The van der Waals surface area contributed by atoms with E-state index in [1.165, 1.54) is 18.3 Å². The molecule has 1 aromatic carbocycles. The number of benzene rings is 1. The molecule has 1 aromatic heterocycles. The van der Waals surface area contributed by atoms with Crippen molar-refractivity contribution < 1.29 is 4.79 Å². The number of rotatable bonds is 3. The first kappa shape index (κ1) is 16.6. The summed E-state index contributed by atoms with van der Waals surface area (Å²) < 4.78 is 0. The van der Waals surface area contributed by atoms with Crippen molar-refractivity contribution in [2.45, 2.75) is 0 Å². The van der Waals surface area contributed by atoms with E-state index in [-0.39, 0.29) is 27.3 Å². The molecule has 0 spiro atoms. The zero-order valence-corrected chi connectivity index (χ0v) is 14.4. The molecular weight excluding hydrogens is 336 g/mol. The first-order chi connectivity index (χ1) is 11.9. The normalized spacial score (nSPS) is 12.9. The highest BCUT2D eigenvalue weighted by Crippen LogP contribution is 2.27. The van der Waals surface area contributed by atoms with Crippen LogP contribution in [0.4, 0.5) is 11.4 Å². The zero-order chi connectivity index (χ0) is 18.1. The summed E-state index contributed by atoms with van der Waals surface area (Å²) in [7, 11) is 3.71. The Morgan fingerprint density at radius 1 is 1.24 bits per heavy atom. The minimum absolute atomic E-state index is 0.113. The second-order valence-electron chi connectivity index (χ2n) is 5.71. The van der Waals surface area contributed by atoms with Crippen LogP contribution in [0.25, 0.3) is 5.70 Å². The minimum atomic E-state index is -0.381. The molecule has 0 bridgehead atoms. The van der Waals surface area contributed by atoms with E-state index in [9.17, 15) is 14.9 Å². The molecule has 1 aliphatic rings. The molecule has 0 saturated heterocycles. The Morgan fingerprint density at radius 3 is 2.68 bits per heavy atom. The van der Waals surface area contributed by atoms with Gasteiger partial charge in [-0.1, -0.05) is 12.2 Å². The number of fused-ring (bicyclic) bond motifs is 1. The summed E-state index contributed by atoms with van der Waals surface area (Å²) in [5.74, 6) is -0.381. The van der Waals surface area contributed by atoms with Gasteiger partial charge in [0.2, 0.25) is 5.78 Å². The number of thiocarbonyl (C=S) groups is 1. The van der Waals surface area contributed by atoms with Crippen LogP contribution in [0.15, 0.2) is 41.3 Å². The van der Waals surface area contributed by atoms with Crippen molar-refractivity contribution in [3.63, 3.8) is 0 Å². The molecule has 0 atom stereocenters. The van der Waals surface area contributed by atoms with Crippen molar-refractivity contribution in [1.82, 2.24) is 4.98 Å². The number of allylic oxidation sites excluding steroid dienone is 1. The number of nitrogens with one attached hydrogen (secondary N) is 2. The Kier molecular flexibility index (Phi) is 4.21. The first-order valence-corrected chi connectivity index (χ1v) is 7.84. The number of carbonyl (C=O) groups excluding carboxylic acids is 1. The second kappa shape index (κ2) is 6.34. The molecule has 0 unspecified atom stereocenters. The van der Waals surface area contributed by atoms with E-state index in [0.29, 0.717) is 16.9 Å². The molecule has 6 nitrogen and oxygen atoms in total. The molecule has 1 aliphatic carbocycles. The quantitative estimate of drug-likeness (QED) is 0.826. The third-order valence-electron chi connectivity index (χ3n) is 3.83. The maximum Gasteiger partial charge on any atom is 0.220 e. The van der Waals surface area contributed by atoms with Crippen molar-refractivity contribution in [2.24, 2.45) is 0 Å². The molecule has 2 aromatic rings. The summed E-state index contributed by atoms with van der Waals surface area (Å²) in [5.41, 5.74) is 2.47. The Labute approximate surface area is 149 Å². The lowest BCUT2D eigenvalue weighted by atomic mass is 9.97. The maximum absolute atomic E-state index is 12.2. The van der Waals surface area contributed by atoms with Gasteiger partial charge in [0.25, 0.3) is 0 Å². The number of nitriles is 1. The summed E-state index contributed by atoms with van der Waals surface area (Å²) in [5, 5.41) is 12.4. The molecule has 0 fully saturated rings. The van der Waals surface area contributed by atoms with Crippen LogP contribution in [0, 0.1) is 11.3 Å². The number of carbonyl (C=O) groups is 1. The molecular formula is C18H14N4O2S. The second-order valence-corrected chi connectivity index (χ2v) is 6.15. The highest BCUT2D eigenvalue weighted by molar-refractivity contribution is 7.82. The largest absolute Gasteiger partial charge is 0.377 e. The van der Waals surface area contributed by atoms with Gasteiger partial charge < -0.3 is 15.2 Å². The van der Waals surface area contributed by atoms with E-state index in [2.05, 4.69) is 16.4 Å². The summed E-state index contributed by atoms with van der Waals surface area (Å²) in [6, 6.07) is 8.80. The standard InChI is InChI=1S/C18H14N4O2S/c1-22(2)13-4-3-11(7-10(13)9-19)21-12-8-15(25)18(24)17-16(12)14(23)5-6-20-17/h3-8,21H,1-2H3,(H,20,23). The lowest BCUT2D eigenvalue weighted by molar-refractivity contribution is 0.106. The number of H-pyrrole nitrogens is 1. The number of nitrogens with zero attached hydrogens (tertiary/aromatic N) is 2. The predicted octanol–water partition coefficient (Wildman–Crippen LogP) is 2.33. The predicted molar refractivity (Wildman–Crippen MR) is 101 cm³/mol. The van der Waals surface area contributed by atoms with Gasteiger partial charge in [-0.2, -0.15) is 5.26 Å². The summed E-state index contributed by atoms with van der Waals surface area (Å²) in [6.07, 6.45) is 2.89. The molecule has 25 heavy (non-hydrogen) atoms. The number of anilines is 2. The molecule has 2 N–H and O–H groups in total. The molecule has 0 saturated carbocycles. The molecule has 3 rings (SSSR count). The lowest BCUT2D eigenvalue weighted by Gasteiger charge is -2.19. The van der Waals surface area contributed by atoms with E-state index in [4.69, 9.17) is 12.2 Å². The molecule has 7 heteroatoms. The smallest absolute Gasteiger partial charge is 0.220 e. The summed E-state index contributed by atoms with van der Waals surface area (Å²) in [6.45, 7) is 0. The number of aromatic nitrogens is 1. The minimum Gasteiger partial charge on any atom is -0.377 e. The van der Waals surface area contributed by atoms with Crippen molar-refractivity contribution in [3.05, 3.63) is 63.6 Å². The Bertz CT molecular complexity index is 1030. The van der Waals surface area contributed by atoms with Crippen molar-refractivity contribution in [2.75, 3.05) is 24.3 Å². The van der Waals surface area contributed by atoms with E-state index in [1.54, 1.807) is 12.1 Å². The van der Waals surface area contributed by atoms with E-state index in [0.717, 1.165) is 5.69 Å². The van der Waals surface area contributed by atoms with Crippen molar-refractivity contribution in [3.8, 4) is 6.07 Å². The fourth-order valence-corrected chi connectivity index (χ4v) is 2.89. The average Bonchev–Trinajstić information content (AvgIpc) is 2.59. The van der Waals surface area contributed by atoms with Crippen LogP contribution in [0.3, 0.4) is 0 Å². The third-order valence-corrected chi connectivity index (χ3v) is 4.14. The lowest BCUT2D eigenvalue weighted by Crippen LogP contribution is -2.26. The van der Waals surface area contributed by atoms with Crippen LogP contribution in [0.1, 0.15) is 21.6 Å². The number of hydrogen-bond acceptors (Lipinski definition) is 6. The van der Waals surface area contributed by atoms with Crippen LogP contribution in [-0.4, -0.2) is 29.7 Å². The Morgan fingerprint density at radius 2 is 2.00 bits per heavy atom. The molecule has 0 radical (unpaired) electrons. The van der Waals surface area contributed by atoms with Crippen molar-refractivity contribution in [1.29, 1.82) is 5.26 Å². The van der Waals surface area contributed by atoms with Gasteiger partial charge in [0.1, 0.15) is 11.8 Å². The topological polar surface area (TPSA) is 89.0 Å². The molecule has 0 aliphatic heterocycles. The van der Waals surface area contributed by atoms with Crippen molar-refractivity contribution >= 4 is 39.9 Å². The molecule has 1 heterocycles. The van der Waals surface area contributed by atoms with Crippen LogP contribution in [-0.2, 0) is 0 Å². The zero-order valence-electron chi connectivity index (χ0n) is 13.6. The van der Waals surface area contributed by atoms with Gasteiger partial charge in [-0.15, -0.1) is 0 Å². The number of Topliss-reactive ketones (excluding diaryl/α,β-unsaturated/α-hetero) is 1. The van der Waals surface area contributed by atoms with E-state index in [1.807, 2.05) is 25.1 Å². The van der Waals surface area contributed by atoms with Gasteiger partial charge in [0.15, 0.2) is 5.43 Å². The number of aromatic amines is 1. The maximum atomic E-state index is 12.2. The van der Waals surface area contributed by atoms with Crippen LogP contribution in [0.5, 0.6) is 0 Å². The van der Waals surface area contributed by atoms with Crippen LogP contribution >= 0.6 is 12.2 Å². The Hall–Kier alpha value is -3.24. The van der Waals surface area contributed by atoms with Gasteiger partial charge in [0, 0.05) is 32.0 Å².